The Kier molecular flexibility index (Phi) is 20.9. The molecule has 196 valence electrons. The molecule has 0 atom stereocenters. The molecule has 0 unspecified atom stereocenters. The average Bonchev–Trinajstić information content (AvgIpc) is 2.86. The van der Waals surface area contributed by atoms with Crippen LogP contribution in [-0.2, 0) is 0 Å². The van der Waals surface area contributed by atoms with Crippen LogP contribution in [0.4, 0.5) is 0 Å². The number of unbranched alkanes of at least 4 members (excludes halogenated alkanes) is 18. The molecule has 0 radical (unpaired) electrons. The van der Waals surface area contributed by atoms with Crippen molar-refractivity contribution in [2.45, 2.75) is 142 Å². The Morgan fingerprint density at radius 1 is 0.529 bits per heavy atom. The number of hydrogen-bond acceptors (Lipinski definition) is 3. The standard InChI is InChI=1S/C31H54O3/c1-3-5-7-9-11-13-15-17-19-21-26-33-30-24-23-25-31(29(30)28-32)34-27-22-20-18-16-14-12-10-8-6-4-2/h23-25,28H,3-22,26-27H2,1-2H3. The predicted molar refractivity (Wildman–Crippen MR) is 147 cm³/mol. The van der Waals surface area contributed by atoms with Gasteiger partial charge in [0.25, 0.3) is 0 Å². The van der Waals surface area contributed by atoms with Gasteiger partial charge in [0.15, 0.2) is 6.29 Å². The lowest BCUT2D eigenvalue weighted by Crippen LogP contribution is -2.04. The van der Waals surface area contributed by atoms with Gasteiger partial charge in [0, 0.05) is 0 Å². The fourth-order valence-electron chi connectivity index (χ4n) is 4.44. The topological polar surface area (TPSA) is 35.5 Å². The molecular weight excluding hydrogens is 420 g/mol. The maximum Gasteiger partial charge on any atom is 0.157 e. The van der Waals surface area contributed by atoms with Crippen molar-refractivity contribution in [1.29, 1.82) is 0 Å². The van der Waals surface area contributed by atoms with E-state index in [-0.39, 0.29) is 0 Å². The van der Waals surface area contributed by atoms with Crippen molar-refractivity contribution in [1.82, 2.24) is 0 Å². The zero-order valence-electron chi connectivity index (χ0n) is 22.6. The van der Waals surface area contributed by atoms with Gasteiger partial charge >= 0.3 is 0 Å². The predicted octanol–water partition coefficient (Wildman–Crippen LogP) is 10.1. The molecule has 0 heterocycles. The molecule has 1 rings (SSSR count). The molecule has 1 aromatic rings. The van der Waals surface area contributed by atoms with Gasteiger partial charge in [-0.25, -0.2) is 0 Å². The van der Waals surface area contributed by atoms with Crippen LogP contribution >= 0.6 is 0 Å². The number of carbonyl (C=O) groups is 1. The van der Waals surface area contributed by atoms with E-state index in [9.17, 15) is 4.79 Å². The van der Waals surface area contributed by atoms with E-state index in [0.29, 0.717) is 30.3 Å². The van der Waals surface area contributed by atoms with Crippen molar-refractivity contribution in [3.05, 3.63) is 23.8 Å². The molecule has 0 saturated carbocycles. The number of aldehydes is 1. The van der Waals surface area contributed by atoms with Gasteiger partial charge in [-0.05, 0) is 25.0 Å². The zero-order chi connectivity index (χ0) is 24.5. The summed E-state index contributed by atoms with van der Waals surface area (Å²) in [6.45, 7) is 5.87. The highest BCUT2D eigenvalue weighted by molar-refractivity contribution is 5.83. The van der Waals surface area contributed by atoms with Gasteiger partial charge in [0.2, 0.25) is 0 Å². The number of benzene rings is 1. The molecule has 3 nitrogen and oxygen atoms in total. The van der Waals surface area contributed by atoms with Crippen molar-refractivity contribution in [3.8, 4) is 11.5 Å². The molecule has 3 heteroatoms. The monoisotopic (exact) mass is 474 g/mol. The van der Waals surface area contributed by atoms with E-state index in [1.54, 1.807) is 0 Å². The first kappa shape index (κ1) is 30.5. The third-order valence-corrected chi connectivity index (χ3v) is 6.65. The van der Waals surface area contributed by atoms with E-state index < -0.39 is 0 Å². The van der Waals surface area contributed by atoms with E-state index >= 15 is 0 Å². The first-order chi connectivity index (χ1) is 16.8. The summed E-state index contributed by atoms with van der Waals surface area (Å²) in [6.07, 6.45) is 27.0. The van der Waals surface area contributed by atoms with Gasteiger partial charge in [-0.2, -0.15) is 0 Å². The van der Waals surface area contributed by atoms with Crippen molar-refractivity contribution >= 4 is 6.29 Å². The maximum absolute atomic E-state index is 11.7. The van der Waals surface area contributed by atoms with E-state index in [2.05, 4.69) is 13.8 Å². The van der Waals surface area contributed by atoms with Gasteiger partial charge < -0.3 is 9.47 Å². The normalized spacial score (nSPS) is 11.0. The first-order valence-electron chi connectivity index (χ1n) is 14.7. The second-order valence-electron chi connectivity index (χ2n) is 9.85. The number of ether oxygens (including phenoxy) is 2. The highest BCUT2D eigenvalue weighted by atomic mass is 16.5. The Morgan fingerprint density at radius 2 is 0.853 bits per heavy atom. The lowest BCUT2D eigenvalue weighted by atomic mass is 10.1. The Morgan fingerprint density at radius 3 is 1.18 bits per heavy atom. The molecular formula is C31H54O3. The highest BCUT2D eigenvalue weighted by Crippen LogP contribution is 2.27. The van der Waals surface area contributed by atoms with Gasteiger partial charge in [-0.3, -0.25) is 4.79 Å². The Labute approximate surface area is 211 Å². The molecule has 0 amide bonds. The van der Waals surface area contributed by atoms with Crippen LogP contribution in [0.1, 0.15) is 153 Å². The molecule has 1 aromatic carbocycles. The van der Waals surface area contributed by atoms with Crippen LogP contribution < -0.4 is 9.47 Å². The van der Waals surface area contributed by atoms with Crippen LogP contribution in [0, 0.1) is 0 Å². The summed E-state index contributed by atoms with van der Waals surface area (Å²) in [6, 6.07) is 5.69. The minimum absolute atomic E-state index is 0.557. The first-order valence-corrected chi connectivity index (χ1v) is 14.7. The van der Waals surface area contributed by atoms with E-state index in [1.165, 1.54) is 116 Å². The summed E-state index contributed by atoms with van der Waals surface area (Å²) in [4.78, 5) is 11.7. The molecule has 0 bridgehead atoms. The highest BCUT2D eigenvalue weighted by Gasteiger charge is 2.10. The Bertz CT molecular complexity index is 540. The van der Waals surface area contributed by atoms with Crippen molar-refractivity contribution in [2.75, 3.05) is 13.2 Å². The molecule has 34 heavy (non-hydrogen) atoms. The Balaban J connectivity index is 2.12. The quantitative estimate of drug-likeness (QED) is 0.104. The number of carbonyl (C=O) groups excluding carboxylic acids is 1. The van der Waals surface area contributed by atoms with Crippen LogP contribution in [0.3, 0.4) is 0 Å². The van der Waals surface area contributed by atoms with Gasteiger partial charge in [0.05, 0.1) is 18.8 Å². The van der Waals surface area contributed by atoms with Crippen molar-refractivity contribution in [3.63, 3.8) is 0 Å². The van der Waals surface area contributed by atoms with Crippen molar-refractivity contribution in [2.24, 2.45) is 0 Å². The molecule has 0 aliphatic heterocycles. The molecule has 0 N–H and O–H groups in total. The number of hydrogen-bond donors (Lipinski definition) is 0. The lowest BCUT2D eigenvalue weighted by Gasteiger charge is -2.13. The third kappa shape index (κ3) is 16.2. The van der Waals surface area contributed by atoms with Crippen LogP contribution in [0.15, 0.2) is 18.2 Å². The fourth-order valence-corrected chi connectivity index (χ4v) is 4.44. The van der Waals surface area contributed by atoms with Gasteiger partial charge in [-0.15, -0.1) is 0 Å². The summed E-state index contributed by atoms with van der Waals surface area (Å²) in [5, 5.41) is 0. The summed E-state index contributed by atoms with van der Waals surface area (Å²) in [5.41, 5.74) is 0.557. The zero-order valence-corrected chi connectivity index (χ0v) is 22.6. The average molecular weight is 475 g/mol. The second kappa shape index (κ2) is 23.2. The van der Waals surface area contributed by atoms with Crippen LogP contribution in [0.5, 0.6) is 11.5 Å². The third-order valence-electron chi connectivity index (χ3n) is 6.65. The summed E-state index contributed by atoms with van der Waals surface area (Å²) >= 11 is 0. The minimum Gasteiger partial charge on any atom is -0.493 e. The summed E-state index contributed by atoms with van der Waals surface area (Å²) in [5.74, 6) is 1.32. The van der Waals surface area contributed by atoms with Crippen LogP contribution in [0.2, 0.25) is 0 Å². The van der Waals surface area contributed by atoms with E-state index in [0.717, 1.165) is 19.1 Å². The van der Waals surface area contributed by atoms with E-state index in [1.807, 2.05) is 18.2 Å². The fraction of sp³-hybridized carbons (Fsp3) is 0.774. The molecule has 0 saturated heterocycles. The molecule has 0 aromatic heterocycles. The Hall–Kier alpha value is -1.51. The molecule has 0 aliphatic carbocycles. The second-order valence-corrected chi connectivity index (χ2v) is 9.85. The number of rotatable bonds is 25. The van der Waals surface area contributed by atoms with Gasteiger partial charge in [-0.1, -0.05) is 135 Å². The molecule has 0 aliphatic rings. The van der Waals surface area contributed by atoms with Crippen molar-refractivity contribution < 1.29 is 14.3 Å². The minimum atomic E-state index is 0.557. The van der Waals surface area contributed by atoms with Crippen LogP contribution in [0.25, 0.3) is 0 Å². The van der Waals surface area contributed by atoms with Crippen LogP contribution in [-0.4, -0.2) is 19.5 Å². The smallest absolute Gasteiger partial charge is 0.157 e. The SMILES string of the molecule is CCCCCCCCCCCCOc1cccc(OCCCCCCCCCCCC)c1C=O. The maximum atomic E-state index is 11.7. The largest absolute Gasteiger partial charge is 0.493 e. The summed E-state index contributed by atoms with van der Waals surface area (Å²) < 4.78 is 11.9. The molecule has 0 spiro atoms. The van der Waals surface area contributed by atoms with Gasteiger partial charge in [0.1, 0.15) is 11.5 Å². The van der Waals surface area contributed by atoms with E-state index in [4.69, 9.17) is 9.47 Å². The lowest BCUT2D eigenvalue weighted by molar-refractivity contribution is 0.111. The molecule has 0 fully saturated rings. The summed E-state index contributed by atoms with van der Waals surface area (Å²) in [7, 11) is 0.